The van der Waals surface area contributed by atoms with Crippen molar-refractivity contribution in [2.45, 2.75) is 0 Å². The SMILES string of the molecule is CS(=O)(=O)On1cc2ccccc2n1. The summed E-state index contributed by atoms with van der Waals surface area (Å²) in [6, 6.07) is 7.26. The van der Waals surface area contributed by atoms with E-state index in [0.29, 0.717) is 5.52 Å². The van der Waals surface area contributed by atoms with Gasteiger partial charge in [-0.3, -0.25) is 4.28 Å². The first-order valence-corrected chi connectivity index (χ1v) is 5.71. The number of rotatable bonds is 2. The van der Waals surface area contributed by atoms with Crippen LogP contribution in [0.5, 0.6) is 0 Å². The molecular formula is C8H8N2O3S. The van der Waals surface area contributed by atoms with Crippen LogP contribution < -0.4 is 4.28 Å². The minimum atomic E-state index is -3.52. The van der Waals surface area contributed by atoms with Gasteiger partial charge < -0.3 is 0 Å². The van der Waals surface area contributed by atoms with Crippen molar-refractivity contribution < 1.29 is 12.7 Å². The molecule has 74 valence electrons. The molecule has 2 aromatic rings. The lowest BCUT2D eigenvalue weighted by Crippen LogP contribution is -2.18. The van der Waals surface area contributed by atoms with Gasteiger partial charge in [0.2, 0.25) is 0 Å². The van der Waals surface area contributed by atoms with Crippen LogP contribution in [-0.2, 0) is 10.1 Å². The van der Waals surface area contributed by atoms with Crippen molar-refractivity contribution in [3.05, 3.63) is 30.5 Å². The monoisotopic (exact) mass is 212 g/mol. The highest BCUT2D eigenvalue weighted by Crippen LogP contribution is 2.09. The van der Waals surface area contributed by atoms with Crippen LogP contribution in [0.15, 0.2) is 30.5 Å². The minimum absolute atomic E-state index is 0.691. The Morgan fingerprint density at radius 3 is 2.71 bits per heavy atom. The molecule has 0 aliphatic rings. The summed E-state index contributed by atoms with van der Waals surface area (Å²) >= 11 is 0. The minimum Gasteiger partial charge on any atom is -0.270 e. The normalized spacial score (nSPS) is 11.8. The lowest BCUT2D eigenvalue weighted by molar-refractivity contribution is 0.245. The first kappa shape index (κ1) is 9.01. The van der Waals surface area contributed by atoms with Crippen LogP contribution in [0.1, 0.15) is 0 Å². The zero-order chi connectivity index (χ0) is 10.2. The standard InChI is InChI=1S/C8H8N2O3S/c1-14(11,12)13-10-6-7-4-2-3-5-8(7)9-10/h2-6H,1H3. The van der Waals surface area contributed by atoms with Crippen molar-refractivity contribution in [3.8, 4) is 0 Å². The number of nitrogens with zero attached hydrogens (tertiary/aromatic N) is 2. The van der Waals surface area contributed by atoms with Gasteiger partial charge in [-0.2, -0.15) is 8.42 Å². The van der Waals surface area contributed by atoms with Gasteiger partial charge in [-0.1, -0.05) is 23.0 Å². The average Bonchev–Trinajstić information content (AvgIpc) is 2.42. The summed E-state index contributed by atoms with van der Waals surface area (Å²) < 4.78 is 26.2. The molecule has 14 heavy (non-hydrogen) atoms. The Morgan fingerprint density at radius 1 is 1.36 bits per heavy atom. The lowest BCUT2D eigenvalue weighted by Gasteiger charge is -1.98. The van der Waals surface area contributed by atoms with Crippen molar-refractivity contribution in [2.24, 2.45) is 0 Å². The zero-order valence-electron chi connectivity index (χ0n) is 7.41. The fraction of sp³-hybridized carbons (Fsp3) is 0.125. The van der Waals surface area contributed by atoms with Crippen molar-refractivity contribution in [1.82, 2.24) is 9.94 Å². The maximum absolute atomic E-state index is 10.8. The van der Waals surface area contributed by atoms with Gasteiger partial charge >= 0.3 is 10.1 Å². The van der Waals surface area contributed by atoms with Crippen LogP contribution in [-0.4, -0.2) is 24.6 Å². The van der Waals surface area contributed by atoms with E-state index in [1.54, 1.807) is 6.07 Å². The summed E-state index contributed by atoms with van der Waals surface area (Å²) in [6.07, 6.45) is 2.48. The lowest BCUT2D eigenvalue weighted by atomic mass is 10.3. The second-order valence-electron chi connectivity index (χ2n) is 2.87. The predicted molar refractivity (Wildman–Crippen MR) is 51.2 cm³/mol. The second kappa shape index (κ2) is 2.98. The van der Waals surface area contributed by atoms with E-state index in [2.05, 4.69) is 9.38 Å². The molecule has 0 radical (unpaired) electrons. The van der Waals surface area contributed by atoms with Crippen LogP contribution in [0, 0.1) is 0 Å². The van der Waals surface area contributed by atoms with Crippen LogP contribution in [0.4, 0.5) is 0 Å². The molecule has 1 aromatic carbocycles. The van der Waals surface area contributed by atoms with E-state index in [4.69, 9.17) is 0 Å². The summed E-state index contributed by atoms with van der Waals surface area (Å²) in [4.78, 5) is 0.944. The highest BCUT2D eigenvalue weighted by atomic mass is 32.2. The Labute approximate surface area is 81.0 Å². The molecule has 0 amide bonds. The largest absolute Gasteiger partial charge is 0.325 e. The number of hydrogen-bond donors (Lipinski definition) is 0. The number of fused-ring (bicyclic) bond motifs is 1. The molecule has 0 bridgehead atoms. The highest BCUT2D eigenvalue weighted by molar-refractivity contribution is 7.86. The summed E-state index contributed by atoms with van der Waals surface area (Å²) in [5.41, 5.74) is 0.691. The van der Waals surface area contributed by atoms with Gasteiger partial charge in [0.15, 0.2) is 0 Å². The Hall–Kier alpha value is -1.56. The van der Waals surface area contributed by atoms with Gasteiger partial charge in [0.05, 0.1) is 18.0 Å². The molecule has 0 saturated heterocycles. The molecule has 1 heterocycles. The fourth-order valence-corrected chi connectivity index (χ4v) is 1.47. The van der Waals surface area contributed by atoms with Gasteiger partial charge in [0.1, 0.15) is 0 Å². The quantitative estimate of drug-likeness (QED) is 0.724. The van der Waals surface area contributed by atoms with E-state index in [1.165, 1.54) is 6.20 Å². The van der Waals surface area contributed by atoms with Crippen molar-refractivity contribution >= 4 is 21.0 Å². The fourth-order valence-electron chi connectivity index (χ4n) is 1.12. The van der Waals surface area contributed by atoms with Gasteiger partial charge in [0, 0.05) is 5.39 Å². The molecule has 0 atom stereocenters. The predicted octanol–water partition coefficient (Wildman–Crippen LogP) is 0.424. The zero-order valence-corrected chi connectivity index (χ0v) is 8.23. The van der Waals surface area contributed by atoms with E-state index in [-0.39, 0.29) is 0 Å². The van der Waals surface area contributed by atoms with Crippen LogP contribution in [0.3, 0.4) is 0 Å². The van der Waals surface area contributed by atoms with E-state index >= 15 is 0 Å². The van der Waals surface area contributed by atoms with E-state index in [9.17, 15) is 8.42 Å². The smallest absolute Gasteiger partial charge is 0.270 e. The summed E-state index contributed by atoms with van der Waals surface area (Å²) in [5.74, 6) is 0. The van der Waals surface area contributed by atoms with Gasteiger partial charge in [-0.15, -0.1) is 5.10 Å². The number of hydrogen-bond acceptors (Lipinski definition) is 4. The van der Waals surface area contributed by atoms with Gasteiger partial charge in [-0.25, -0.2) is 0 Å². The molecule has 0 N–H and O–H groups in total. The van der Waals surface area contributed by atoms with Gasteiger partial charge in [0.25, 0.3) is 0 Å². The third-order valence-electron chi connectivity index (χ3n) is 1.60. The van der Waals surface area contributed by atoms with E-state index in [1.807, 2.05) is 18.2 Å². The molecule has 1 aromatic heterocycles. The molecule has 0 spiro atoms. The maximum atomic E-state index is 10.8. The first-order valence-electron chi connectivity index (χ1n) is 3.89. The Balaban J connectivity index is 2.46. The third-order valence-corrected chi connectivity index (χ3v) is 2.03. The first-order chi connectivity index (χ1) is 6.54. The van der Waals surface area contributed by atoms with Crippen molar-refractivity contribution in [1.29, 1.82) is 0 Å². The molecule has 0 aliphatic carbocycles. The van der Waals surface area contributed by atoms with Crippen LogP contribution in [0.25, 0.3) is 10.9 Å². The summed E-state index contributed by atoms with van der Waals surface area (Å²) in [5, 5.41) is 4.74. The summed E-state index contributed by atoms with van der Waals surface area (Å²) in [7, 11) is -3.52. The van der Waals surface area contributed by atoms with Gasteiger partial charge in [-0.05, 0) is 6.07 Å². The van der Waals surface area contributed by atoms with Crippen LogP contribution in [0.2, 0.25) is 0 Å². The molecular weight excluding hydrogens is 204 g/mol. The van der Waals surface area contributed by atoms with E-state index in [0.717, 1.165) is 16.5 Å². The Morgan fingerprint density at radius 2 is 2.07 bits per heavy atom. The average molecular weight is 212 g/mol. The summed E-state index contributed by atoms with van der Waals surface area (Å²) in [6.45, 7) is 0. The van der Waals surface area contributed by atoms with E-state index < -0.39 is 10.1 Å². The molecule has 2 rings (SSSR count). The topological polar surface area (TPSA) is 61.2 Å². The number of benzene rings is 1. The highest BCUT2D eigenvalue weighted by Gasteiger charge is 2.05. The molecule has 0 fully saturated rings. The van der Waals surface area contributed by atoms with Crippen molar-refractivity contribution in [3.63, 3.8) is 0 Å². The Kier molecular flexibility index (Phi) is 1.92. The van der Waals surface area contributed by atoms with Crippen LogP contribution >= 0.6 is 0 Å². The molecule has 6 heteroatoms. The Bertz CT molecular complexity index is 526. The van der Waals surface area contributed by atoms with Crippen molar-refractivity contribution in [2.75, 3.05) is 6.26 Å². The maximum Gasteiger partial charge on any atom is 0.325 e. The molecule has 0 unspecified atom stereocenters. The second-order valence-corrected chi connectivity index (χ2v) is 4.43. The molecule has 0 saturated carbocycles. The number of aromatic nitrogens is 2. The molecule has 0 aliphatic heterocycles. The third kappa shape index (κ3) is 1.85. The molecule has 5 nitrogen and oxygen atoms in total.